The molecule has 0 amide bonds. The number of rotatable bonds is 3. The van der Waals surface area contributed by atoms with Crippen molar-refractivity contribution in [1.82, 2.24) is 9.13 Å². The molecule has 10 aromatic rings. The lowest BCUT2D eigenvalue weighted by atomic mass is 10.1. The van der Waals surface area contributed by atoms with Crippen LogP contribution in [0, 0.1) is 0 Å². The molecule has 0 spiro atoms. The molecule has 3 aromatic heterocycles. The highest BCUT2D eigenvalue weighted by Gasteiger charge is 2.22. The predicted octanol–water partition coefficient (Wildman–Crippen LogP) is 11.9. The lowest BCUT2D eigenvalue weighted by molar-refractivity contribution is 1.13. The van der Waals surface area contributed by atoms with Crippen molar-refractivity contribution < 1.29 is 0 Å². The van der Waals surface area contributed by atoms with Gasteiger partial charge >= 0.3 is 0 Å². The van der Waals surface area contributed by atoms with E-state index in [0.29, 0.717) is 0 Å². The largest absolute Gasteiger partial charge is 0.307 e. The van der Waals surface area contributed by atoms with Gasteiger partial charge < -0.3 is 9.13 Å². The molecule has 2 nitrogen and oxygen atoms in total. The average Bonchev–Trinajstić information content (AvgIpc) is 3.76. The van der Waals surface area contributed by atoms with Gasteiger partial charge in [-0.2, -0.15) is 0 Å². The lowest BCUT2D eigenvalue weighted by Gasteiger charge is -2.14. The van der Waals surface area contributed by atoms with Crippen molar-refractivity contribution >= 4 is 75.1 Å². The maximum absolute atomic E-state index is 2.49. The fraction of sp³-hybridized carbons (Fsp3) is 0. The van der Waals surface area contributed by atoms with Gasteiger partial charge in [-0.15, -0.1) is 11.3 Å². The van der Waals surface area contributed by atoms with E-state index in [1.807, 2.05) is 11.3 Å². The molecule has 0 fully saturated rings. The Kier molecular flexibility index (Phi) is 5.19. The van der Waals surface area contributed by atoms with Crippen LogP contribution in [0.25, 0.3) is 86.3 Å². The van der Waals surface area contributed by atoms with E-state index in [2.05, 4.69) is 167 Å². The molecule has 0 bridgehead atoms. The highest BCUT2D eigenvalue weighted by atomic mass is 32.1. The van der Waals surface area contributed by atoms with Gasteiger partial charge in [0.05, 0.1) is 27.8 Å². The molecule has 45 heavy (non-hydrogen) atoms. The summed E-state index contributed by atoms with van der Waals surface area (Å²) in [4.78, 5) is 0. The number of hydrogen-bond donors (Lipinski definition) is 0. The van der Waals surface area contributed by atoms with Crippen LogP contribution in [0.2, 0.25) is 0 Å². The molecule has 0 unspecified atom stereocenters. The summed E-state index contributed by atoms with van der Waals surface area (Å²) in [5.74, 6) is 0. The van der Waals surface area contributed by atoms with E-state index in [1.165, 1.54) is 80.6 Å². The van der Waals surface area contributed by atoms with Gasteiger partial charge in [-0.3, -0.25) is 0 Å². The predicted molar refractivity (Wildman–Crippen MR) is 193 cm³/mol. The van der Waals surface area contributed by atoms with Crippen LogP contribution in [0.1, 0.15) is 0 Å². The fourth-order valence-corrected chi connectivity index (χ4v) is 8.64. The smallest absolute Gasteiger partial charge is 0.0782 e. The van der Waals surface area contributed by atoms with Gasteiger partial charge in [0, 0.05) is 47.4 Å². The molecule has 3 heteroatoms. The monoisotopic (exact) mass is 590 g/mol. The zero-order valence-corrected chi connectivity index (χ0v) is 25.1. The molecule has 210 valence electrons. The third kappa shape index (κ3) is 3.50. The van der Waals surface area contributed by atoms with E-state index in [0.717, 1.165) is 5.69 Å². The summed E-state index contributed by atoms with van der Waals surface area (Å²) >= 11 is 1.90. The van der Waals surface area contributed by atoms with Gasteiger partial charge in [-0.05, 0) is 53.6 Å². The van der Waals surface area contributed by atoms with Crippen molar-refractivity contribution in [3.8, 4) is 22.5 Å². The molecular weight excluding hydrogens is 565 g/mol. The molecule has 0 atom stereocenters. The molecular formula is C42H26N2S. The molecule has 0 aliphatic carbocycles. The van der Waals surface area contributed by atoms with Crippen LogP contribution < -0.4 is 0 Å². The number of nitrogens with zero attached hydrogens (tertiary/aromatic N) is 2. The zero-order chi connectivity index (χ0) is 29.5. The molecule has 0 aliphatic heterocycles. The molecule has 10 rings (SSSR count). The van der Waals surface area contributed by atoms with Crippen LogP contribution in [0.15, 0.2) is 158 Å². The van der Waals surface area contributed by atoms with Crippen LogP contribution in [0.4, 0.5) is 0 Å². The summed E-state index contributed by atoms with van der Waals surface area (Å²) in [5, 5.41) is 7.78. The maximum atomic E-state index is 2.49. The number of para-hydroxylation sites is 3. The minimum absolute atomic E-state index is 1.16. The Labute approximate surface area is 263 Å². The Bertz CT molecular complexity index is 2690. The van der Waals surface area contributed by atoms with Gasteiger partial charge in [0.1, 0.15) is 0 Å². The first-order chi connectivity index (χ1) is 22.3. The van der Waals surface area contributed by atoms with Crippen LogP contribution in [0.3, 0.4) is 0 Å². The number of fused-ring (bicyclic) bond motifs is 10. The summed E-state index contributed by atoms with van der Waals surface area (Å²) in [6, 6.07) is 57.5. The van der Waals surface area contributed by atoms with Gasteiger partial charge in [0.2, 0.25) is 0 Å². The van der Waals surface area contributed by atoms with Crippen LogP contribution in [-0.4, -0.2) is 9.13 Å². The average molecular weight is 591 g/mol. The third-order valence-corrected chi connectivity index (χ3v) is 10.5. The van der Waals surface area contributed by atoms with Crippen molar-refractivity contribution in [3.05, 3.63) is 158 Å². The second-order valence-electron chi connectivity index (χ2n) is 11.7. The first-order valence-electron chi connectivity index (χ1n) is 15.4. The summed E-state index contributed by atoms with van der Waals surface area (Å²) in [6.45, 7) is 0. The Morgan fingerprint density at radius 1 is 0.378 bits per heavy atom. The van der Waals surface area contributed by atoms with Gasteiger partial charge in [0.25, 0.3) is 0 Å². The molecule has 0 aliphatic rings. The van der Waals surface area contributed by atoms with Gasteiger partial charge in [-0.1, -0.05) is 115 Å². The molecule has 0 saturated heterocycles. The maximum Gasteiger partial charge on any atom is 0.0782 e. The highest BCUT2D eigenvalue weighted by Crippen LogP contribution is 2.45. The second-order valence-corrected chi connectivity index (χ2v) is 12.8. The zero-order valence-electron chi connectivity index (χ0n) is 24.3. The first kappa shape index (κ1) is 24.8. The third-order valence-electron chi connectivity index (χ3n) is 9.33. The van der Waals surface area contributed by atoms with E-state index in [4.69, 9.17) is 0 Å². The summed E-state index contributed by atoms with van der Waals surface area (Å²) in [5.41, 5.74) is 9.66. The van der Waals surface area contributed by atoms with Crippen molar-refractivity contribution in [2.24, 2.45) is 0 Å². The quantitative estimate of drug-likeness (QED) is 0.194. The topological polar surface area (TPSA) is 9.86 Å². The fourth-order valence-electron chi connectivity index (χ4n) is 7.38. The minimum Gasteiger partial charge on any atom is -0.307 e. The van der Waals surface area contributed by atoms with Gasteiger partial charge in [-0.25, -0.2) is 0 Å². The number of hydrogen-bond acceptors (Lipinski definition) is 1. The van der Waals surface area contributed by atoms with E-state index < -0.39 is 0 Å². The Morgan fingerprint density at radius 2 is 1.00 bits per heavy atom. The highest BCUT2D eigenvalue weighted by molar-refractivity contribution is 7.26. The normalized spacial score (nSPS) is 12.0. The molecule has 0 saturated carbocycles. The SMILES string of the molecule is c1ccc(-c2ccc(-n3c4ccc5c6ccccc6sc5c4c4cccc(-n5c6ccccc6c6ccccc65)c43)cc2)cc1. The summed E-state index contributed by atoms with van der Waals surface area (Å²) in [6.07, 6.45) is 0. The van der Waals surface area contributed by atoms with E-state index in [9.17, 15) is 0 Å². The molecule has 0 N–H and O–H groups in total. The first-order valence-corrected chi connectivity index (χ1v) is 16.2. The van der Waals surface area contributed by atoms with Crippen molar-refractivity contribution in [1.29, 1.82) is 0 Å². The Balaban J connectivity index is 1.36. The Hall–Kier alpha value is -5.64. The van der Waals surface area contributed by atoms with Crippen LogP contribution in [0.5, 0.6) is 0 Å². The van der Waals surface area contributed by atoms with E-state index in [-0.39, 0.29) is 0 Å². The van der Waals surface area contributed by atoms with Gasteiger partial charge in [0.15, 0.2) is 0 Å². The van der Waals surface area contributed by atoms with Crippen molar-refractivity contribution in [2.45, 2.75) is 0 Å². The van der Waals surface area contributed by atoms with E-state index in [1.54, 1.807) is 0 Å². The van der Waals surface area contributed by atoms with Crippen LogP contribution in [-0.2, 0) is 0 Å². The Morgan fingerprint density at radius 3 is 1.76 bits per heavy atom. The van der Waals surface area contributed by atoms with E-state index >= 15 is 0 Å². The summed E-state index contributed by atoms with van der Waals surface area (Å²) < 4.78 is 7.62. The lowest BCUT2D eigenvalue weighted by Crippen LogP contribution is -2.00. The van der Waals surface area contributed by atoms with Crippen molar-refractivity contribution in [2.75, 3.05) is 0 Å². The molecule has 0 radical (unpaired) electrons. The number of thiophene rings is 1. The molecule has 3 heterocycles. The number of aromatic nitrogens is 2. The molecule has 7 aromatic carbocycles. The van der Waals surface area contributed by atoms with Crippen molar-refractivity contribution in [3.63, 3.8) is 0 Å². The van der Waals surface area contributed by atoms with Crippen LogP contribution >= 0.6 is 11.3 Å². The second kappa shape index (κ2) is 9.43. The minimum atomic E-state index is 1.16. The summed E-state index contributed by atoms with van der Waals surface area (Å²) in [7, 11) is 0. The standard InChI is InChI=1S/C42H26N2S/c1-2-11-27(12-3-1)28-21-23-29(24-22-28)43-37-26-25-33-32-15-6-9-20-39(32)45-42(33)40(37)34-16-10-19-38(41(34)43)44-35-17-7-4-13-30(35)31-14-5-8-18-36(31)44/h1-26H. The number of benzene rings is 7.